The Morgan fingerprint density at radius 3 is 1.42 bits per heavy atom. The SMILES string of the molecule is CC(C)(C)OC(=O)N1C[C@@H]2C(C=O)[C@@H]2C1.CC(C)(C)OC(=O)N1C[C@@H]2C(CO)[C@@H]2C1.CCCC1[C@H]2CN(C(=O)OC(C)(C)C)C[C@@H]12.CN(CC1[C@H]2CN(C(=O)CO)C[C@@H]12)c1ncnc2[nH]ccc12.Clc1ncnc2[nH]ccc12.OCC1[C@H]2CNC[C@@H]12. The molecule has 5 saturated heterocycles. The average Bonchev–Trinajstić information content (AvgIpc) is 1.94. The van der Waals surface area contributed by atoms with E-state index in [1.807, 2.05) is 85.5 Å². The second kappa shape index (κ2) is 26.4. The van der Waals surface area contributed by atoms with Crippen LogP contribution in [-0.4, -0.2) is 211 Å². The summed E-state index contributed by atoms with van der Waals surface area (Å²) < 4.78 is 15.9. The topological polar surface area (TPSA) is 285 Å². The first kappa shape index (κ1) is 64.6. The molecule has 474 valence electrons. The predicted molar refractivity (Wildman–Crippen MR) is 324 cm³/mol. The summed E-state index contributed by atoms with van der Waals surface area (Å²) >= 11 is 5.73. The van der Waals surface area contributed by atoms with Crippen LogP contribution < -0.4 is 10.2 Å². The number of carbonyl (C=O) groups is 5. The van der Waals surface area contributed by atoms with Gasteiger partial charge in [0.15, 0.2) is 0 Å². The summed E-state index contributed by atoms with van der Waals surface area (Å²) in [6, 6.07) is 3.84. The lowest BCUT2D eigenvalue weighted by Gasteiger charge is -2.25. The molecule has 23 nitrogen and oxygen atoms in total. The second-order valence-electron chi connectivity index (χ2n) is 28.2. The molecule has 4 aromatic heterocycles. The van der Waals surface area contributed by atoms with Crippen LogP contribution in [0.4, 0.5) is 20.2 Å². The fraction of sp³-hybridized carbons (Fsp3) is 0.726. The molecule has 15 atom stereocenters. The van der Waals surface area contributed by atoms with Gasteiger partial charge in [0.25, 0.3) is 0 Å². The van der Waals surface area contributed by atoms with E-state index >= 15 is 0 Å². The molecule has 0 aromatic carbocycles. The quantitative estimate of drug-likeness (QED) is 0.0598. The highest BCUT2D eigenvalue weighted by molar-refractivity contribution is 6.33. The zero-order valence-electron chi connectivity index (χ0n) is 52.0. The van der Waals surface area contributed by atoms with E-state index in [1.54, 1.807) is 27.2 Å². The number of fused-ring (bicyclic) bond motifs is 7. The molecule has 5 saturated carbocycles. The van der Waals surface area contributed by atoms with E-state index in [2.05, 4.69) is 54.1 Å². The minimum Gasteiger partial charge on any atom is -0.444 e. The van der Waals surface area contributed by atoms with Gasteiger partial charge < -0.3 is 74.1 Å². The highest BCUT2D eigenvalue weighted by Gasteiger charge is 2.59. The number of anilines is 1. The molecule has 0 radical (unpaired) electrons. The molecule has 10 aliphatic rings. The molecule has 6 N–H and O–H groups in total. The number of amides is 4. The summed E-state index contributed by atoms with van der Waals surface area (Å²) in [6.45, 7) is 29.0. The minimum absolute atomic E-state index is 0.130. The van der Waals surface area contributed by atoms with Crippen molar-refractivity contribution in [3.63, 3.8) is 0 Å². The number of piperidine rings is 5. The standard InChI is InChI=1S/C15H19N5O2.C13H23NO2.C11H19NO3.C11H17NO3.C6H4ClN3.C6H11NO/c1-19(15-9-2-3-16-14(9)17-8-18-15)4-10-11-5-20(6-12(10)11)13(22)7-21;1-5-6-9-10-7-14(8-11(9)10)12(15)16-13(2,3)4;2*1-11(2,3)15-10(14)12-4-7-8(5-12)9(7)6-13;7-5-4-1-2-8-6(4)10-3-9-5;8-3-6-4-1-7-2-5(4)6/h2-3,8,10-12,21H,4-7H2,1H3,(H,16,17,18);9-11H,5-8H2,1-4H3;7-9,13H,4-6H2,1-3H3;6-9H,4-5H2,1-3H3;1-3H,(H,8,9,10);4-8H,1-3H2/t10?,11-,12+;9?,10-,11+;2*7-,8+,9?;;4-,5+,6?. The van der Waals surface area contributed by atoms with E-state index in [-0.39, 0.29) is 48.9 Å². The lowest BCUT2D eigenvalue weighted by atomic mass is 10.1. The third-order valence-corrected chi connectivity index (χ3v) is 19.1. The van der Waals surface area contributed by atoms with Gasteiger partial charge in [-0.2, -0.15) is 0 Å². The van der Waals surface area contributed by atoms with Crippen molar-refractivity contribution in [2.24, 2.45) is 88.8 Å². The van der Waals surface area contributed by atoms with E-state index < -0.39 is 11.2 Å². The summed E-state index contributed by atoms with van der Waals surface area (Å²) in [5, 5.41) is 32.3. The summed E-state index contributed by atoms with van der Waals surface area (Å²) in [7, 11) is 2.06. The molecule has 9 heterocycles. The Morgan fingerprint density at radius 1 is 0.593 bits per heavy atom. The van der Waals surface area contributed by atoms with Gasteiger partial charge in [0.05, 0.1) is 10.8 Å². The number of nitrogens with one attached hydrogen (secondary N) is 3. The third-order valence-electron chi connectivity index (χ3n) is 18.8. The van der Waals surface area contributed by atoms with Gasteiger partial charge in [-0.3, -0.25) is 4.79 Å². The van der Waals surface area contributed by atoms with Crippen molar-refractivity contribution in [1.29, 1.82) is 0 Å². The highest BCUT2D eigenvalue weighted by atomic mass is 35.5. The van der Waals surface area contributed by atoms with Crippen LogP contribution in [0.3, 0.4) is 0 Å². The third kappa shape index (κ3) is 15.7. The van der Waals surface area contributed by atoms with E-state index in [4.69, 9.17) is 41.1 Å². The predicted octanol–water partition coefficient (Wildman–Crippen LogP) is 6.44. The van der Waals surface area contributed by atoms with E-state index in [0.717, 1.165) is 123 Å². The molecule has 4 amide bonds. The summed E-state index contributed by atoms with van der Waals surface area (Å²) in [6.07, 6.45) is 9.69. The maximum absolute atomic E-state index is 11.8. The van der Waals surface area contributed by atoms with Crippen LogP contribution in [0.15, 0.2) is 37.2 Å². The van der Waals surface area contributed by atoms with Crippen molar-refractivity contribution in [1.82, 2.24) is 54.8 Å². The van der Waals surface area contributed by atoms with Gasteiger partial charge in [-0.05, 0) is 170 Å². The molecule has 24 heteroatoms. The monoisotopic (exact) mass is 1220 g/mol. The Morgan fingerprint density at radius 2 is 1.00 bits per heavy atom. The second-order valence-corrected chi connectivity index (χ2v) is 28.5. The van der Waals surface area contributed by atoms with Crippen molar-refractivity contribution in [2.45, 2.75) is 98.9 Å². The number of nitrogens with zero attached hydrogens (tertiary/aromatic N) is 9. The van der Waals surface area contributed by atoms with Gasteiger partial charge in [0, 0.05) is 97.5 Å². The largest absolute Gasteiger partial charge is 0.444 e. The lowest BCUT2D eigenvalue weighted by Crippen LogP contribution is -2.37. The van der Waals surface area contributed by atoms with Gasteiger partial charge in [-0.25, -0.2) is 34.3 Å². The van der Waals surface area contributed by atoms with Crippen LogP contribution >= 0.6 is 11.6 Å². The Bertz CT molecular complexity index is 2930. The molecule has 0 spiro atoms. The molecule has 5 aliphatic carbocycles. The van der Waals surface area contributed by atoms with Crippen molar-refractivity contribution in [3.8, 4) is 0 Å². The molecular weight excluding hydrogens is 1120 g/mol. The van der Waals surface area contributed by atoms with Gasteiger partial charge in [-0.1, -0.05) is 31.4 Å². The number of hydrogen-bond acceptors (Lipinski definition) is 17. The van der Waals surface area contributed by atoms with Crippen LogP contribution in [0.2, 0.25) is 5.15 Å². The first-order valence-electron chi connectivity index (χ1n) is 30.9. The molecule has 14 rings (SSSR count). The van der Waals surface area contributed by atoms with E-state index in [1.165, 1.54) is 19.2 Å². The average molecular weight is 1220 g/mol. The Balaban J connectivity index is 0.000000126. The summed E-state index contributed by atoms with van der Waals surface area (Å²) in [5.41, 5.74) is 0.411. The fourth-order valence-electron chi connectivity index (χ4n) is 14.0. The van der Waals surface area contributed by atoms with Crippen molar-refractivity contribution >= 4 is 70.0 Å². The number of halogens is 1. The minimum atomic E-state index is -0.437. The number of rotatable bonds is 9. The van der Waals surface area contributed by atoms with Crippen molar-refractivity contribution in [3.05, 3.63) is 42.3 Å². The molecule has 5 aliphatic heterocycles. The number of aliphatic hydroxyl groups excluding tert-OH is 3. The number of aliphatic hydroxyl groups is 3. The van der Waals surface area contributed by atoms with Crippen LogP contribution in [0.1, 0.15) is 82.1 Å². The van der Waals surface area contributed by atoms with E-state index in [0.29, 0.717) is 78.1 Å². The van der Waals surface area contributed by atoms with Gasteiger partial charge >= 0.3 is 18.3 Å². The van der Waals surface area contributed by atoms with Gasteiger partial charge in [0.2, 0.25) is 5.91 Å². The smallest absolute Gasteiger partial charge is 0.410 e. The van der Waals surface area contributed by atoms with Crippen molar-refractivity contribution < 1.29 is 53.5 Å². The number of carbonyl (C=O) groups excluding carboxylic acids is 5. The maximum atomic E-state index is 11.8. The number of likely N-dealkylation sites (tertiary alicyclic amines) is 4. The molecule has 0 bridgehead atoms. The van der Waals surface area contributed by atoms with Crippen LogP contribution in [0, 0.1) is 88.8 Å². The Labute approximate surface area is 510 Å². The molecule has 86 heavy (non-hydrogen) atoms. The van der Waals surface area contributed by atoms with Crippen molar-refractivity contribution in [2.75, 3.05) is 104 Å². The van der Waals surface area contributed by atoms with Crippen LogP contribution in [-0.2, 0) is 23.8 Å². The van der Waals surface area contributed by atoms with Gasteiger partial charge in [-0.15, -0.1) is 0 Å². The van der Waals surface area contributed by atoms with Crippen LogP contribution in [0.25, 0.3) is 22.1 Å². The zero-order valence-corrected chi connectivity index (χ0v) is 52.8. The van der Waals surface area contributed by atoms with Crippen LogP contribution in [0.5, 0.6) is 0 Å². The first-order valence-corrected chi connectivity index (χ1v) is 31.3. The number of aldehydes is 1. The number of ether oxygens (including phenoxy) is 3. The van der Waals surface area contributed by atoms with E-state index in [9.17, 15) is 24.0 Å². The number of hydrogen-bond donors (Lipinski definition) is 6. The first-order chi connectivity index (χ1) is 40.8. The number of aromatic nitrogens is 6. The molecule has 4 aromatic rings. The highest BCUT2D eigenvalue weighted by Crippen LogP contribution is 2.55. The molecule has 5 unspecified atom stereocenters. The normalized spacial score (nSPS) is 30.5. The number of H-pyrrole nitrogens is 2. The maximum Gasteiger partial charge on any atom is 0.410 e. The summed E-state index contributed by atoms with van der Waals surface area (Å²) in [5.74, 6) is 9.77. The Kier molecular flexibility index (Phi) is 19.9. The lowest BCUT2D eigenvalue weighted by molar-refractivity contribution is -0.133. The number of aromatic amines is 2. The van der Waals surface area contributed by atoms with Gasteiger partial charge in [0.1, 0.15) is 64.6 Å². The molecule has 10 fully saturated rings. The summed E-state index contributed by atoms with van der Waals surface area (Å²) in [4.78, 5) is 88.9. The Hall–Kier alpha value is -5.88. The molecular formula is C62H93ClN12O11. The fourth-order valence-corrected chi connectivity index (χ4v) is 14.2. The zero-order chi connectivity index (χ0) is 62.2.